The molecule has 0 saturated heterocycles. The number of fused-ring (bicyclic) bond motifs is 1. The lowest BCUT2D eigenvalue weighted by molar-refractivity contribution is 0.177. The van der Waals surface area contributed by atoms with E-state index in [9.17, 15) is 9.90 Å². The fourth-order valence-electron chi connectivity index (χ4n) is 2.30. The normalized spacial score (nSPS) is 12.1. The van der Waals surface area contributed by atoms with E-state index in [0.717, 1.165) is 15.6 Å². The Balaban J connectivity index is 1.60. The Morgan fingerprint density at radius 3 is 2.87 bits per heavy atom. The number of hydrogen-bond acceptors (Lipinski definition) is 3. The number of carbonyl (C=O) groups excluding carboxylic acids is 1. The lowest BCUT2D eigenvalue weighted by atomic mass is 10.1. The van der Waals surface area contributed by atoms with Crippen LogP contribution < -0.4 is 10.6 Å². The minimum absolute atomic E-state index is 0.132. The van der Waals surface area contributed by atoms with Crippen LogP contribution in [0, 0.1) is 0 Å². The molecule has 0 fully saturated rings. The van der Waals surface area contributed by atoms with E-state index in [-0.39, 0.29) is 12.6 Å². The van der Waals surface area contributed by atoms with Gasteiger partial charge in [-0.2, -0.15) is 0 Å². The molecular formula is C17H15ClN2O2S. The number of thiophene rings is 1. The molecule has 0 saturated carbocycles. The SMILES string of the molecule is O=C(NCC(O)c1csc2ccccc12)Nc1cccc(Cl)c1. The van der Waals surface area contributed by atoms with E-state index in [0.29, 0.717) is 10.7 Å². The molecule has 1 heterocycles. The van der Waals surface area contributed by atoms with E-state index < -0.39 is 6.10 Å². The highest BCUT2D eigenvalue weighted by Gasteiger charge is 2.14. The number of urea groups is 1. The van der Waals surface area contributed by atoms with Gasteiger partial charge in [-0.25, -0.2) is 4.79 Å². The zero-order valence-electron chi connectivity index (χ0n) is 12.1. The monoisotopic (exact) mass is 346 g/mol. The first-order chi connectivity index (χ1) is 11.1. The first kappa shape index (κ1) is 15.8. The van der Waals surface area contributed by atoms with Gasteiger partial charge in [0, 0.05) is 27.5 Å². The van der Waals surface area contributed by atoms with Crippen molar-refractivity contribution in [3.8, 4) is 0 Å². The van der Waals surface area contributed by atoms with Crippen LogP contribution in [0.3, 0.4) is 0 Å². The van der Waals surface area contributed by atoms with Gasteiger partial charge in [0.05, 0.1) is 6.10 Å². The summed E-state index contributed by atoms with van der Waals surface area (Å²) in [6.07, 6.45) is -0.753. The summed E-state index contributed by atoms with van der Waals surface area (Å²) in [5, 5.41) is 19.1. The molecule has 118 valence electrons. The van der Waals surface area contributed by atoms with Gasteiger partial charge in [-0.05, 0) is 35.0 Å². The van der Waals surface area contributed by atoms with Crippen molar-refractivity contribution in [3.63, 3.8) is 0 Å². The molecular weight excluding hydrogens is 332 g/mol. The number of carbonyl (C=O) groups is 1. The summed E-state index contributed by atoms with van der Waals surface area (Å²) in [5.41, 5.74) is 1.43. The minimum Gasteiger partial charge on any atom is -0.387 e. The van der Waals surface area contributed by atoms with Gasteiger partial charge in [-0.15, -0.1) is 11.3 Å². The Labute approximate surface area is 142 Å². The highest BCUT2D eigenvalue weighted by atomic mass is 35.5. The van der Waals surface area contributed by atoms with E-state index in [1.807, 2.05) is 29.6 Å². The van der Waals surface area contributed by atoms with Gasteiger partial charge in [0.25, 0.3) is 0 Å². The third kappa shape index (κ3) is 3.82. The van der Waals surface area contributed by atoms with E-state index in [2.05, 4.69) is 10.6 Å². The van der Waals surface area contributed by atoms with Crippen molar-refractivity contribution in [2.24, 2.45) is 0 Å². The predicted molar refractivity (Wildman–Crippen MR) is 95.3 cm³/mol. The molecule has 0 bridgehead atoms. The minimum atomic E-state index is -0.753. The van der Waals surface area contributed by atoms with Gasteiger partial charge in [0.2, 0.25) is 0 Å². The summed E-state index contributed by atoms with van der Waals surface area (Å²) >= 11 is 7.45. The molecule has 3 rings (SSSR count). The Bertz CT molecular complexity index is 834. The Kier molecular flexibility index (Phi) is 4.81. The number of amides is 2. The van der Waals surface area contributed by atoms with Crippen LogP contribution >= 0.6 is 22.9 Å². The Morgan fingerprint density at radius 1 is 1.22 bits per heavy atom. The zero-order chi connectivity index (χ0) is 16.2. The van der Waals surface area contributed by atoms with Crippen LogP contribution in [0.4, 0.5) is 10.5 Å². The first-order valence-electron chi connectivity index (χ1n) is 7.08. The average molecular weight is 347 g/mol. The predicted octanol–water partition coefficient (Wildman–Crippen LogP) is 4.41. The van der Waals surface area contributed by atoms with Crippen molar-refractivity contribution < 1.29 is 9.90 Å². The maximum Gasteiger partial charge on any atom is 0.319 e. The number of benzene rings is 2. The van der Waals surface area contributed by atoms with E-state index >= 15 is 0 Å². The molecule has 23 heavy (non-hydrogen) atoms. The van der Waals surface area contributed by atoms with Crippen molar-refractivity contribution >= 4 is 44.7 Å². The molecule has 2 amide bonds. The van der Waals surface area contributed by atoms with Crippen molar-refractivity contribution in [3.05, 3.63) is 64.5 Å². The molecule has 3 aromatic rings. The maximum atomic E-state index is 11.9. The molecule has 1 aromatic heterocycles. The van der Waals surface area contributed by atoms with Gasteiger partial charge < -0.3 is 15.7 Å². The molecule has 0 aliphatic rings. The van der Waals surface area contributed by atoms with Crippen molar-refractivity contribution in [1.82, 2.24) is 5.32 Å². The molecule has 1 unspecified atom stereocenters. The first-order valence-corrected chi connectivity index (χ1v) is 8.34. The van der Waals surface area contributed by atoms with Crippen LogP contribution in [0.15, 0.2) is 53.9 Å². The summed E-state index contributed by atoms with van der Waals surface area (Å²) in [4.78, 5) is 11.9. The van der Waals surface area contributed by atoms with E-state index in [1.165, 1.54) is 0 Å². The second-order valence-corrected chi connectivity index (χ2v) is 6.40. The topological polar surface area (TPSA) is 61.4 Å². The smallest absolute Gasteiger partial charge is 0.319 e. The van der Waals surface area contributed by atoms with Crippen LogP contribution in [-0.4, -0.2) is 17.7 Å². The quantitative estimate of drug-likeness (QED) is 0.655. The van der Waals surface area contributed by atoms with Gasteiger partial charge in [-0.3, -0.25) is 0 Å². The number of aliphatic hydroxyl groups excluding tert-OH is 1. The number of aliphatic hydroxyl groups is 1. The van der Waals surface area contributed by atoms with E-state index in [4.69, 9.17) is 11.6 Å². The summed E-state index contributed by atoms with van der Waals surface area (Å²) in [5.74, 6) is 0. The molecule has 0 radical (unpaired) electrons. The number of halogens is 1. The molecule has 0 aliphatic heterocycles. The van der Waals surface area contributed by atoms with Crippen LogP contribution in [0.2, 0.25) is 5.02 Å². The highest BCUT2D eigenvalue weighted by Crippen LogP contribution is 2.29. The van der Waals surface area contributed by atoms with Crippen LogP contribution in [0.25, 0.3) is 10.1 Å². The Hall–Kier alpha value is -2.08. The molecule has 0 aliphatic carbocycles. The lowest BCUT2D eigenvalue weighted by Crippen LogP contribution is -2.32. The fraction of sp³-hybridized carbons (Fsp3) is 0.118. The lowest BCUT2D eigenvalue weighted by Gasteiger charge is -2.12. The van der Waals surface area contributed by atoms with Gasteiger partial charge in [0.1, 0.15) is 0 Å². The number of hydrogen-bond donors (Lipinski definition) is 3. The van der Waals surface area contributed by atoms with Crippen LogP contribution in [-0.2, 0) is 0 Å². The summed E-state index contributed by atoms with van der Waals surface area (Å²) in [7, 11) is 0. The largest absolute Gasteiger partial charge is 0.387 e. The fourth-order valence-corrected chi connectivity index (χ4v) is 3.50. The van der Waals surface area contributed by atoms with Crippen LogP contribution in [0.5, 0.6) is 0 Å². The average Bonchev–Trinajstić information content (AvgIpc) is 2.97. The molecule has 4 nitrogen and oxygen atoms in total. The molecule has 0 spiro atoms. The van der Waals surface area contributed by atoms with Crippen LogP contribution in [0.1, 0.15) is 11.7 Å². The van der Waals surface area contributed by atoms with Gasteiger partial charge in [0.15, 0.2) is 0 Å². The van der Waals surface area contributed by atoms with Crippen molar-refractivity contribution in [1.29, 1.82) is 0 Å². The summed E-state index contributed by atoms with van der Waals surface area (Å²) in [6, 6.07) is 14.4. The second-order valence-electron chi connectivity index (χ2n) is 5.05. The maximum absolute atomic E-state index is 11.9. The third-order valence-corrected chi connectivity index (χ3v) is 4.63. The van der Waals surface area contributed by atoms with Crippen molar-refractivity contribution in [2.45, 2.75) is 6.10 Å². The molecule has 3 N–H and O–H groups in total. The third-order valence-electron chi connectivity index (χ3n) is 3.41. The molecule has 2 aromatic carbocycles. The standard InChI is InChI=1S/C17H15ClN2O2S/c18-11-4-3-5-12(8-11)20-17(22)19-9-15(21)14-10-23-16-7-2-1-6-13(14)16/h1-8,10,15,21H,9H2,(H2,19,20,22). The van der Waals surface area contributed by atoms with Crippen molar-refractivity contribution in [2.75, 3.05) is 11.9 Å². The molecule has 6 heteroatoms. The van der Waals surface area contributed by atoms with Gasteiger partial charge >= 0.3 is 6.03 Å². The Morgan fingerprint density at radius 2 is 2.04 bits per heavy atom. The van der Waals surface area contributed by atoms with Gasteiger partial charge in [-0.1, -0.05) is 35.9 Å². The number of rotatable bonds is 4. The summed E-state index contributed by atoms with van der Waals surface area (Å²) < 4.78 is 1.12. The number of nitrogens with one attached hydrogen (secondary N) is 2. The summed E-state index contributed by atoms with van der Waals surface area (Å²) in [6.45, 7) is 0.132. The highest BCUT2D eigenvalue weighted by molar-refractivity contribution is 7.17. The zero-order valence-corrected chi connectivity index (χ0v) is 13.7. The second kappa shape index (κ2) is 7.00. The number of anilines is 1. The van der Waals surface area contributed by atoms with E-state index in [1.54, 1.807) is 35.6 Å². The molecule has 1 atom stereocenters.